The molecule has 3 aromatic carbocycles. The second kappa shape index (κ2) is 9.43. The molecule has 0 bridgehead atoms. The zero-order chi connectivity index (χ0) is 22.6. The third-order valence-electron chi connectivity index (χ3n) is 4.91. The minimum absolute atomic E-state index is 0.191. The number of fused-ring (bicyclic) bond motifs is 2. The highest BCUT2D eigenvalue weighted by Crippen LogP contribution is 2.27. The van der Waals surface area contributed by atoms with Gasteiger partial charge >= 0.3 is 0 Å². The van der Waals surface area contributed by atoms with Crippen LogP contribution < -0.4 is 10.0 Å². The summed E-state index contributed by atoms with van der Waals surface area (Å²) in [6, 6.07) is 20.7. The highest BCUT2D eigenvalue weighted by Gasteiger charge is 2.10. The largest absolute Gasteiger partial charge is 0.451 e. The lowest BCUT2D eigenvalue weighted by Gasteiger charge is -2.04. The number of benzene rings is 3. The molecule has 5 rings (SSSR count). The fourth-order valence-electron chi connectivity index (χ4n) is 3.28. The molecule has 5 aromatic rings. The number of anilines is 1. The highest BCUT2D eigenvalue weighted by atomic mass is 32.2. The van der Waals surface area contributed by atoms with Gasteiger partial charge in [0.2, 0.25) is 0 Å². The molecule has 33 heavy (non-hydrogen) atoms. The van der Waals surface area contributed by atoms with Gasteiger partial charge in [-0.2, -0.15) is 0 Å². The Labute approximate surface area is 197 Å². The number of amides is 1. The van der Waals surface area contributed by atoms with Crippen LogP contribution >= 0.6 is 23.3 Å². The Hall–Kier alpha value is -3.69. The molecule has 0 aliphatic heterocycles. The van der Waals surface area contributed by atoms with Crippen molar-refractivity contribution in [3.8, 4) is 10.6 Å². The van der Waals surface area contributed by atoms with Crippen molar-refractivity contribution < 1.29 is 13.7 Å². The van der Waals surface area contributed by atoms with Gasteiger partial charge in [-0.3, -0.25) is 4.79 Å². The van der Waals surface area contributed by atoms with Crippen LogP contribution in [0.15, 0.2) is 81.9 Å². The summed E-state index contributed by atoms with van der Waals surface area (Å²) < 4.78 is 14.7. The topological polar surface area (TPSA) is 96.1 Å². The second-order valence-corrected chi connectivity index (χ2v) is 8.89. The fourth-order valence-corrected chi connectivity index (χ4v) is 4.51. The van der Waals surface area contributed by atoms with E-state index in [0.29, 0.717) is 34.4 Å². The van der Waals surface area contributed by atoms with E-state index in [1.54, 1.807) is 53.7 Å². The Morgan fingerprint density at radius 3 is 2.70 bits per heavy atom. The summed E-state index contributed by atoms with van der Waals surface area (Å²) in [5, 5.41) is 6.73. The van der Waals surface area contributed by atoms with E-state index in [2.05, 4.69) is 20.2 Å². The first-order valence-corrected chi connectivity index (χ1v) is 12.2. The first kappa shape index (κ1) is 21.2. The Balaban J connectivity index is 1.29. The van der Waals surface area contributed by atoms with Crippen molar-refractivity contribution in [2.75, 3.05) is 11.0 Å². The first-order valence-electron chi connectivity index (χ1n) is 10.2. The number of hydrogen-bond acceptors (Lipinski definition) is 7. The van der Waals surface area contributed by atoms with E-state index < -0.39 is 0 Å². The molecule has 9 heteroatoms. The van der Waals surface area contributed by atoms with Crippen LogP contribution in [0.5, 0.6) is 0 Å². The van der Waals surface area contributed by atoms with Crippen LogP contribution in [0.1, 0.15) is 15.2 Å². The summed E-state index contributed by atoms with van der Waals surface area (Å²) in [4.78, 5) is 18.2. The number of thiazole rings is 1. The van der Waals surface area contributed by atoms with Gasteiger partial charge in [0.05, 0.1) is 6.54 Å². The number of hydrogen-bond donors (Lipinski definition) is 3. The number of carbonyl (C=O) groups is 1. The maximum atomic E-state index is 12.7. The molecule has 2 heterocycles. The van der Waals surface area contributed by atoms with E-state index in [0.717, 1.165) is 21.1 Å². The van der Waals surface area contributed by atoms with Crippen molar-refractivity contribution >= 4 is 57.1 Å². The van der Waals surface area contributed by atoms with Crippen LogP contribution in [0, 0.1) is 0 Å². The lowest BCUT2D eigenvalue weighted by molar-refractivity contribution is 0.0951. The molecule has 1 amide bonds. The Kier molecular flexibility index (Phi) is 6.05. The lowest BCUT2D eigenvalue weighted by Crippen LogP contribution is -2.22. The fraction of sp³-hybridized carbons (Fsp3) is 0.0833. The molecular formula is C24H20N4O3S2. The SMILES string of the molecule is CSNc1ccc(-c2ncc(CNC(=O)c3ccc4oc5ccccc5o[nH]c4c3)s2)cc1. The number of para-hydroxylation sites is 2. The molecule has 0 fully saturated rings. The monoisotopic (exact) mass is 476 g/mol. The number of nitrogens with one attached hydrogen (secondary N) is 3. The Morgan fingerprint density at radius 2 is 1.88 bits per heavy atom. The maximum absolute atomic E-state index is 12.7. The normalized spacial score (nSPS) is 10.9. The van der Waals surface area contributed by atoms with Crippen LogP contribution in [-0.4, -0.2) is 22.3 Å². The van der Waals surface area contributed by atoms with Gasteiger partial charge in [-0.1, -0.05) is 24.1 Å². The number of rotatable bonds is 6. The van der Waals surface area contributed by atoms with Crippen molar-refractivity contribution in [1.29, 1.82) is 0 Å². The van der Waals surface area contributed by atoms with E-state index in [4.69, 9.17) is 8.94 Å². The van der Waals surface area contributed by atoms with Crippen molar-refractivity contribution in [2.24, 2.45) is 0 Å². The number of H-pyrrole nitrogens is 1. The van der Waals surface area contributed by atoms with Gasteiger partial charge in [-0.15, -0.1) is 11.3 Å². The number of aromatic amines is 1. The summed E-state index contributed by atoms with van der Waals surface area (Å²) in [6.07, 6.45) is 3.78. The van der Waals surface area contributed by atoms with Crippen LogP contribution in [0.3, 0.4) is 0 Å². The molecule has 166 valence electrons. The molecule has 0 unspecified atom stereocenters. The van der Waals surface area contributed by atoms with Gasteiger partial charge < -0.3 is 19.0 Å². The van der Waals surface area contributed by atoms with Gasteiger partial charge in [0.25, 0.3) is 5.91 Å². The number of nitrogens with zero attached hydrogens (tertiary/aromatic N) is 1. The van der Waals surface area contributed by atoms with E-state index in [1.807, 2.05) is 48.7 Å². The third-order valence-corrected chi connectivity index (χ3v) is 6.40. The molecule has 0 spiro atoms. The van der Waals surface area contributed by atoms with Gasteiger partial charge in [-0.05, 0) is 54.6 Å². The van der Waals surface area contributed by atoms with Crippen molar-refractivity contribution in [3.63, 3.8) is 0 Å². The predicted octanol–water partition coefficient (Wildman–Crippen LogP) is 6.37. The second-order valence-electron chi connectivity index (χ2n) is 7.16. The van der Waals surface area contributed by atoms with E-state index in [1.165, 1.54) is 0 Å². The lowest BCUT2D eigenvalue weighted by atomic mass is 10.2. The summed E-state index contributed by atoms with van der Waals surface area (Å²) in [7, 11) is 0. The smallest absolute Gasteiger partial charge is 0.251 e. The van der Waals surface area contributed by atoms with Gasteiger partial charge in [0, 0.05) is 34.1 Å². The van der Waals surface area contributed by atoms with E-state index in [-0.39, 0.29) is 5.91 Å². The summed E-state index contributed by atoms with van der Waals surface area (Å²) in [5.41, 5.74) is 4.95. The predicted molar refractivity (Wildman–Crippen MR) is 134 cm³/mol. The van der Waals surface area contributed by atoms with Crippen molar-refractivity contribution in [3.05, 3.63) is 83.4 Å². The molecule has 0 aliphatic rings. The molecule has 0 aliphatic carbocycles. The summed E-state index contributed by atoms with van der Waals surface area (Å²) in [5.74, 6) is -0.191. The van der Waals surface area contributed by atoms with Gasteiger partial charge in [0.1, 0.15) is 10.5 Å². The highest BCUT2D eigenvalue weighted by molar-refractivity contribution is 7.99. The van der Waals surface area contributed by atoms with Gasteiger partial charge in [-0.25, -0.2) is 10.1 Å². The third kappa shape index (κ3) is 4.74. The van der Waals surface area contributed by atoms with Gasteiger partial charge in [0.15, 0.2) is 16.7 Å². The van der Waals surface area contributed by atoms with Crippen LogP contribution in [0.4, 0.5) is 5.69 Å². The van der Waals surface area contributed by atoms with Crippen LogP contribution in [-0.2, 0) is 6.54 Å². The van der Waals surface area contributed by atoms with Crippen LogP contribution in [0.25, 0.3) is 32.8 Å². The quantitative estimate of drug-likeness (QED) is 0.246. The van der Waals surface area contributed by atoms with E-state index >= 15 is 0 Å². The summed E-state index contributed by atoms with van der Waals surface area (Å²) in [6.45, 7) is 0.394. The Morgan fingerprint density at radius 1 is 1.06 bits per heavy atom. The molecule has 0 atom stereocenters. The summed E-state index contributed by atoms with van der Waals surface area (Å²) >= 11 is 3.11. The van der Waals surface area contributed by atoms with Crippen molar-refractivity contribution in [2.45, 2.75) is 6.54 Å². The molecule has 0 saturated heterocycles. The minimum Gasteiger partial charge on any atom is -0.451 e. The Bertz CT molecular complexity index is 1460. The minimum atomic E-state index is -0.191. The maximum Gasteiger partial charge on any atom is 0.251 e. The molecule has 3 N–H and O–H groups in total. The standard InChI is InChI=1S/C24H20N4O3S2/c1-32-28-17-9-6-15(7-10-17)24-26-14-18(33-24)13-25-23(29)16-8-11-20-19(12-16)27-31-22-5-3-2-4-21(22)30-20/h2-12,14,27-28H,13H2,1H3,(H,25,29). The first-order chi connectivity index (χ1) is 16.2. The zero-order valence-electron chi connectivity index (χ0n) is 17.6. The van der Waals surface area contributed by atoms with Crippen molar-refractivity contribution in [1.82, 2.24) is 15.5 Å². The molecule has 7 nitrogen and oxygen atoms in total. The molecular weight excluding hydrogens is 456 g/mol. The average molecular weight is 477 g/mol. The number of carbonyl (C=O) groups excluding carboxylic acids is 1. The van der Waals surface area contributed by atoms with E-state index in [9.17, 15) is 4.79 Å². The average Bonchev–Trinajstić information content (AvgIpc) is 3.24. The zero-order valence-corrected chi connectivity index (χ0v) is 19.3. The van der Waals surface area contributed by atoms with Crippen LogP contribution in [0.2, 0.25) is 0 Å². The molecule has 2 aromatic heterocycles. The number of aromatic nitrogens is 2. The molecule has 0 radical (unpaired) electrons. The molecule has 0 saturated carbocycles.